The van der Waals surface area contributed by atoms with Gasteiger partial charge in [0.15, 0.2) is 0 Å². The second-order valence-electron chi connectivity index (χ2n) is 4.62. The van der Waals surface area contributed by atoms with Crippen LogP contribution in [0.15, 0.2) is 24.3 Å². The van der Waals surface area contributed by atoms with Gasteiger partial charge < -0.3 is 15.8 Å². The van der Waals surface area contributed by atoms with Crippen molar-refractivity contribution < 1.29 is 9.53 Å². The van der Waals surface area contributed by atoms with E-state index in [0.29, 0.717) is 18.1 Å². The zero-order valence-electron chi connectivity index (χ0n) is 10.7. The maximum Gasteiger partial charge on any atom is 0.231 e. The van der Waals surface area contributed by atoms with Crippen LogP contribution in [0, 0.1) is 0 Å². The van der Waals surface area contributed by atoms with Crippen LogP contribution in [0.4, 0.5) is 0 Å². The summed E-state index contributed by atoms with van der Waals surface area (Å²) in [5, 5.41) is 2.94. The van der Waals surface area contributed by atoms with Gasteiger partial charge in [-0.05, 0) is 25.3 Å². The zero-order valence-corrected chi connectivity index (χ0v) is 11.5. The van der Waals surface area contributed by atoms with Crippen LogP contribution >= 0.6 is 12.2 Å². The second-order valence-corrected chi connectivity index (χ2v) is 5.14. The Morgan fingerprint density at radius 2 is 2.21 bits per heavy atom. The molecule has 1 aromatic carbocycles. The highest BCUT2D eigenvalue weighted by Gasteiger charge is 2.29. The van der Waals surface area contributed by atoms with Gasteiger partial charge in [0.2, 0.25) is 5.91 Å². The third-order valence-electron chi connectivity index (χ3n) is 3.17. The molecule has 0 spiro atoms. The number of hydrogen-bond acceptors (Lipinski definition) is 3. The highest BCUT2D eigenvalue weighted by molar-refractivity contribution is 7.80. The number of ether oxygens (including phenoxy) is 1. The minimum absolute atomic E-state index is 0.0280. The van der Waals surface area contributed by atoms with E-state index < -0.39 is 0 Å². The molecule has 1 heterocycles. The molecule has 3 N–H and O–H groups in total. The number of nitrogens with one attached hydrogen (secondary N) is 1. The molecule has 0 bridgehead atoms. The molecule has 4 nitrogen and oxygen atoms in total. The lowest BCUT2D eigenvalue weighted by Gasteiger charge is -2.10. The summed E-state index contributed by atoms with van der Waals surface area (Å²) in [5.41, 5.74) is 6.39. The van der Waals surface area contributed by atoms with E-state index in [1.165, 1.54) is 0 Å². The molecule has 0 aliphatic carbocycles. The van der Waals surface area contributed by atoms with E-state index in [9.17, 15) is 4.79 Å². The van der Waals surface area contributed by atoms with Crippen molar-refractivity contribution in [3.05, 3.63) is 29.8 Å². The predicted octanol–water partition coefficient (Wildman–Crippen LogP) is 1.74. The summed E-state index contributed by atoms with van der Waals surface area (Å²) in [5.74, 6) is 0.656. The summed E-state index contributed by atoms with van der Waals surface area (Å²) in [7, 11) is 0. The summed E-state index contributed by atoms with van der Waals surface area (Å²) < 4.78 is 5.50. The minimum atomic E-state index is -0.188. The lowest BCUT2D eigenvalue weighted by Crippen LogP contribution is -2.31. The maximum absolute atomic E-state index is 12.1. The van der Waals surface area contributed by atoms with Crippen molar-refractivity contribution >= 4 is 23.1 Å². The van der Waals surface area contributed by atoms with Crippen LogP contribution in [0.1, 0.15) is 30.7 Å². The van der Waals surface area contributed by atoms with Gasteiger partial charge in [-0.25, -0.2) is 0 Å². The molecule has 0 saturated heterocycles. The SMILES string of the molecule is NC(=S)CCCCNC(=O)C1COc2ccccc21. The standard InChI is InChI=1S/C14H18N2O2S/c15-13(19)7-3-4-8-16-14(17)11-9-18-12-6-2-1-5-10(11)12/h1-2,5-6,11H,3-4,7-9H2,(H2,15,19)(H,16,17). The molecule has 1 amide bonds. The fourth-order valence-corrected chi connectivity index (χ4v) is 2.28. The van der Waals surface area contributed by atoms with Gasteiger partial charge in [0.25, 0.3) is 0 Å². The molecule has 1 aromatic rings. The van der Waals surface area contributed by atoms with Crippen molar-refractivity contribution in [1.82, 2.24) is 5.32 Å². The van der Waals surface area contributed by atoms with Crippen molar-refractivity contribution in [1.29, 1.82) is 0 Å². The van der Waals surface area contributed by atoms with Gasteiger partial charge in [-0.2, -0.15) is 0 Å². The highest BCUT2D eigenvalue weighted by Crippen LogP contribution is 2.33. The van der Waals surface area contributed by atoms with E-state index in [-0.39, 0.29) is 11.8 Å². The van der Waals surface area contributed by atoms with Gasteiger partial charge in [-0.15, -0.1) is 0 Å². The van der Waals surface area contributed by atoms with Gasteiger partial charge in [0.05, 0.1) is 4.99 Å². The Hall–Kier alpha value is -1.62. The molecule has 5 heteroatoms. The third kappa shape index (κ3) is 3.67. The molecule has 1 atom stereocenters. The summed E-state index contributed by atoms with van der Waals surface area (Å²) in [6.45, 7) is 1.08. The molecule has 19 heavy (non-hydrogen) atoms. The molecule has 1 aliphatic heterocycles. The van der Waals surface area contributed by atoms with E-state index in [2.05, 4.69) is 5.32 Å². The van der Waals surface area contributed by atoms with Gasteiger partial charge in [-0.3, -0.25) is 4.79 Å². The Labute approximate surface area is 118 Å². The van der Waals surface area contributed by atoms with E-state index in [1.54, 1.807) is 0 Å². The van der Waals surface area contributed by atoms with E-state index in [4.69, 9.17) is 22.7 Å². The van der Waals surface area contributed by atoms with Crippen LogP contribution in [0.25, 0.3) is 0 Å². The Morgan fingerprint density at radius 1 is 1.42 bits per heavy atom. The van der Waals surface area contributed by atoms with Crippen molar-refractivity contribution in [2.75, 3.05) is 13.2 Å². The molecule has 0 fully saturated rings. The first-order valence-corrected chi connectivity index (χ1v) is 6.87. The number of nitrogens with two attached hydrogens (primary N) is 1. The number of carbonyl (C=O) groups excluding carboxylic acids is 1. The third-order valence-corrected chi connectivity index (χ3v) is 3.37. The molecule has 2 rings (SSSR count). The van der Waals surface area contributed by atoms with Gasteiger partial charge >= 0.3 is 0 Å². The number of benzene rings is 1. The highest BCUT2D eigenvalue weighted by atomic mass is 32.1. The van der Waals surface area contributed by atoms with Gasteiger partial charge in [0.1, 0.15) is 18.3 Å². The Morgan fingerprint density at radius 3 is 3.00 bits per heavy atom. The van der Waals surface area contributed by atoms with Gasteiger partial charge in [0, 0.05) is 12.1 Å². The number of carbonyl (C=O) groups is 1. The smallest absolute Gasteiger partial charge is 0.231 e. The van der Waals surface area contributed by atoms with Crippen LogP contribution in [-0.4, -0.2) is 24.0 Å². The number of fused-ring (bicyclic) bond motifs is 1. The number of unbranched alkanes of at least 4 members (excludes halogenated alkanes) is 1. The van der Waals surface area contributed by atoms with E-state index in [1.807, 2.05) is 24.3 Å². The minimum Gasteiger partial charge on any atom is -0.492 e. The van der Waals surface area contributed by atoms with E-state index >= 15 is 0 Å². The first-order valence-electron chi connectivity index (χ1n) is 6.46. The summed E-state index contributed by atoms with van der Waals surface area (Å²) in [4.78, 5) is 12.6. The summed E-state index contributed by atoms with van der Waals surface area (Å²) in [6, 6.07) is 7.68. The number of hydrogen-bond donors (Lipinski definition) is 2. The van der Waals surface area contributed by atoms with Crippen molar-refractivity contribution in [2.24, 2.45) is 5.73 Å². The molecule has 1 aliphatic rings. The molecular weight excluding hydrogens is 260 g/mol. The number of para-hydroxylation sites is 1. The predicted molar refractivity (Wildman–Crippen MR) is 78.3 cm³/mol. The fraction of sp³-hybridized carbons (Fsp3) is 0.429. The van der Waals surface area contributed by atoms with Crippen LogP contribution in [0.5, 0.6) is 5.75 Å². The molecule has 1 unspecified atom stereocenters. The van der Waals surface area contributed by atoms with Crippen LogP contribution in [0.3, 0.4) is 0 Å². The zero-order chi connectivity index (χ0) is 13.7. The number of rotatable bonds is 6. The Kier molecular flexibility index (Phi) is 4.74. The van der Waals surface area contributed by atoms with Crippen LogP contribution in [-0.2, 0) is 4.79 Å². The monoisotopic (exact) mass is 278 g/mol. The van der Waals surface area contributed by atoms with Gasteiger partial charge in [-0.1, -0.05) is 30.4 Å². The molecule has 0 saturated carbocycles. The van der Waals surface area contributed by atoms with Crippen molar-refractivity contribution in [3.63, 3.8) is 0 Å². The average molecular weight is 278 g/mol. The molecule has 0 radical (unpaired) electrons. The molecule has 0 aromatic heterocycles. The molecular formula is C14H18N2O2S. The Bertz CT molecular complexity index is 476. The lowest BCUT2D eigenvalue weighted by molar-refractivity contribution is -0.122. The largest absolute Gasteiger partial charge is 0.492 e. The Balaban J connectivity index is 1.77. The topological polar surface area (TPSA) is 64.3 Å². The lowest BCUT2D eigenvalue weighted by atomic mass is 10.0. The fourth-order valence-electron chi connectivity index (χ4n) is 2.14. The molecule has 102 valence electrons. The number of thiocarbonyl (C=S) groups is 1. The second kappa shape index (κ2) is 6.52. The average Bonchev–Trinajstić information content (AvgIpc) is 2.81. The first-order chi connectivity index (χ1) is 9.18. The van der Waals surface area contributed by atoms with Crippen LogP contribution in [0.2, 0.25) is 0 Å². The van der Waals surface area contributed by atoms with Crippen LogP contribution < -0.4 is 15.8 Å². The first kappa shape index (κ1) is 13.8. The maximum atomic E-state index is 12.1. The quantitative estimate of drug-likeness (QED) is 0.614. The summed E-state index contributed by atoms with van der Waals surface area (Å²) >= 11 is 4.80. The summed E-state index contributed by atoms with van der Waals surface area (Å²) in [6.07, 6.45) is 2.53. The van der Waals surface area contributed by atoms with Crippen molar-refractivity contribution in [3.8, 4) is 5.75 Å². The van der Waals surface area contributed by atoms with E-state index in [0.717, 1.165) is 30.6 Å². The normalized spacial score (nSPS) is 16.5. The number of amides is 1. The van der Waals surface area contributed by atoms with Crippen molar-refractivity contribution in [2.45, 2.75) is 25.2 Å².